The second kappa shape index (κ2) is 11.9. The quantitative estimate of drug-likeness (QED) is 0.371. The molecule has 35 heavy (non-hydrogen) atoms. The van der Waals surface area contributed by atoms with E-state index in [2.05, 4.69) is 11.4 Å². The summed E-state index contributed by atoms with van der Waals surface area (Å²) in [6.07, 6.45) is 2.86. The summed E-state index contributed by atoms with van der Waals surface area (Å²) < 4.78 is 21.8. The summed E-state index contributed by atoms with van der Waals surface area (Å²) in [5.41, 5.74) is 1.10. The van der Waals surface area contributed by atoms with Crippen LogP contribution >= 0.6 is 11.3 Å². The number of carbonyl (C=O) groups is 2. The van der Waals surface area contributed by atoms with Gasteiger partial charge in [-0.1, -0.05) is 6.07 Å². The van der Waals surface area contributed by atoms with Crippen molar-refractivity contribution < 1.29 is 28.2 Å². The number of thiophene rings is 1. The Balaban J connectivity index is 1.50. The molecule has 0 bridgehead atoms. The number of fused-ring (bicyclic) bond motifs is 1. The van der Waals surface area contributed by atoms with Crippen LogP contribution in [-0.2, 0) is 16.0 Å². The van der Waals surface area contributed by atoms with Crippen molar-refractivity contribution in [1.29, 1.82) is 0 Å². The molecular formula is C26H30N2O6S. The number of furan rings is 1. The van der Waals surface area contributed by atoms with Gasteiger partial charge >= 0.3 is 0 Å². The monoisotopic (exact) mass is 498 g/mol. The van der Waals surface area contributed by atoms with Crippen molar-refractivity contribution in [3.63, 3.8) is 0 Å². The molecule has 0 aliphatic carbocycles. The van der Waals surface area contributed by atoms with Gasteiger partial charge in [0, 0.05) is 37.7 Å². The Kier molecular flexibility index (Phi) is 8.44. The second-order valence-corrected chi connectivity index (χ2v) is 9.19. The van der Waals surface area contributed by atoms with Gasteiger partial charge < -0.3 is 28.4 Å². The lowest BCUT2D eigenvalue weighted by Crippen LogP contribution is -2.48. The van der Waals surface area contributed by atoms with E-state index < -0.39 is 0 Å². The van der Waals surface area contributed by atoms with Crippen LogP contribution in [0.15, 0.2) is 58.5 Å². The summed E-state index contributed by atoms with van der Waals surface area (Å²) in [4.78, 5) is 31.2. The fourth-order valence-corrected chi connectivity index (χ4v) is 5.13. The van der Waals surface area contributed by atoms with Crippen molar-refractivity contribution in [2.24, 2.45) is 0 Å². The first-order valence-corrected chi connectivity index (χ1v) is 12.4. The maximum atomic E-state index is 13.6. The molecule has 0 saturated heterocycles. The fourth-order valence-electron chi connectivity index (χ4n) is 4.20. The third-order valence-electron chi connectivity index (χ3n) is 5.99. The summed E-state index contributed by atoms with van der Waals surface area (Å²) in [5.74, 6) is 1.16. The lowest BCUT2D eigenvalue weighted by atomic mass is 10.0. The molecule has 0 spiro atoms. The molecule has 8 nitrogen and oxygen atoms in total. The van der Waals surface area contributed by atoms with Crippen LogP contribution in [0.5, 0.6) is 11.5 Å². The number of hydrogen-bond donors (Lipinski definition) is 0. The van der Waals surface area contributed by atoms with Crippen LogP contribution in [0.1, 0.15) is 33.5 Å². The molecule has 2 amide bonds. The van der Waals surface area contributed by atoms with Gasteiger partial charge in [0.25, 0.3) is 5.91 Å². The van der Waals surface area contributed by atoms with Crippen LogP contribution in [0.3, 0.4) is 0 Å². The zero-order valence-electron chi connectivity index (χ0n) is 20.0. The zero-order valence-corrected chi connectivity index (χ0v) is 20.8. The normalized spacial score (nSPS) is 14.9. The number of ether oxygens (including phenoxy) is 3. The number of carbonyl (C=O) groups excluding carboxylic acids is 2. The van der Waals surface area contributed by atoms with Crippen LogP contribution in [0.4, 0.5) is 0 Å². The van der Waals surface area contributed by atoms with E-state index in [0.29, 0.717) is 44.2 Å². The number of rotatable bonds is 11. The van der Waals surface area contributed by atoms with E-state index in [-0.39, 0.29) is 30.2 Å². The van der Waals surface area contributed by atoms with Crippen molar-refractivity contribution >= 4 is 23.2 Å². The smallest absolute Gasteiger partial charge is 0.290 e. The zero-order chi connectivity index (χ0) is 24.6. The Bertz CT molecular complexity index is 1110. The van der Waals surface area contributed by atoms with Gasteiger partial charge in [-0.2, -0.15) is 0 Å². The molecule has 0 radical (unpaired) electrons. The highest BCUT2D eigenvalue weighted by molar-refractivity contribution is 7.10. The van der Waals surface area contributed by atoms with Crippen LogP contribution in [0.2, 0.25) is 0 Å². The van der Waals surface area contributed by atoms with E-state index >= 15 is 0 Å². The van der Waals surface area contributed by atoms with Crippen LogP contribution in [0.25, 0.3) is 0 Å². The number of amides is 2. The minimum Gasteiger partial charge on any atom is -0.497 e. The van der Waals surface area contributed by atoms with E-state index in [1.807, 2.05) is 29.2 Å². The van der Waals surface area contributed by atoms with Crippen LogP contribution in [0, 0.1) is 0 Å². The molecule has 1 aliphatic rings. The lowest BCUT2D eigenvalue weighted by Gasteiger charge is -2.37. The van der Waals surface area contributed by atoms with Crippen LogP contribution in [-0.4, -0.2) is 68.7 Å². The molecule has 4 rings (SSSR count). The third kappa shape index (κ3) is 6.04. The van der Waals surface area contributed by atoms with Gasteiger partial charge in [0.1, 0.15) is 24.7 Å². The maximum absolute atomic E-state index is 13.6. The Morgan fingerprint density at radius 1 is 1.17 bits per heavy atom. The molecule has 1 atom stereocenters. The van der Waals surface area contributed by atoms with Gasteiger partial charge in [-0.3, -0.25) is 9.59 Å². The summed E-state index contributed by atoms with van der Waals surface area (Å²) >= 11 is 1.70. The number of methoxy groups -OCH3 is 2. The van der Waals surface area contributed by atoms with Crippen molar-refractivity contribution in [1.82, 2.24) is 9.80 Å². The van der Waals surface area contributed by atoms with Crippen molar-refractivity contribution in [3.8, 4) is 11.5 Å². The Hall–Kier alpha value is -3.30. The van der Waals surface area contributed by atoms with Gasteiger partial charge in [0.05, 0.1) is 19.4 Å². The molecule has 3 heterocycles. The fraction of sp³-hybridized carbons (Fsp3) is 0.385. The number of benzene rings is 1. The standard InChI is InChI=1S/C26H30N2O6S/c1-31-13-5-11-27(26(30)23-8-4-14-33-23)17-25(29)28-12-9-24-21(10-15-35-24)22(28)18-34-20-7-3-6-19(16-20)32-2/h3-4,6-8,10,14-16,22H,5,9,11-13,17-18H2,1-2H3/t22-/m0/s1. The first kappa shape index (κ1) is 24.8. The minimum atomic E-state index is -0.308. The first-order valence-electron chi connectivity index (χ1n) is 11.5. The third-order valence-corrected chi connectivity index (χ3v) is 6.98. The molecule has 186 valence electrons. The van der Waals surface area contributed by atoms with Gasteiger partial charge in [0.2, 0.25) is 5.91 Å². The van der Waals surface area contributed by atoms with Crippen molar-refractivity contribution in [2.45, 2.75) is 18.9 Å². The molecule has 0 fully saturated rings. The highest BCUT2D eigenvalue weighted by atomic mass is 32.1. The SMILES string of the molecule is COCCCN(CC(=O)N1CCc2sccc2[C@@H]1COc1cccc(OC)c1)C(=O)c1ccco1. The predicted octanol–water partition coefficient (Wildman–Crippen LogP) is 4.03. The summed E-state index contributed by atoms with van der Waals surface area (Å²) in [7, 11) is 3.23. The number of hydrogen-bond acceptors (Lipinski definition) is 7. The summed E-state index contributed by atoms with van der Waals surface area (Å²) in [6.45, 7) is 1.72. The largest absolute Gasteiger partial charge is 0.497 e. The van der Waals surface area contributed by atoms with E-state index in [1.54, 1.807) is 37.7 Å². The molecule has 0 saturated carbocycles. The van der Waals surface area contributed by atoms with Gasteiger partial charge in [-0.05, 0) is 54.1 Å². The molecule has 2 aromatic heterocycles. The minimum absolute atomic E-state index is 0.0433. The Morgan fingerprint density at radius 3 is 2.80 bits per heavy atom. The van der Waals surface area contributed by atoms with Gasteiger partial charge in [-0.15, -0.1) is 11.3 Å². The Labute approximate surface area is 209 Å². The average Bonchev–Trinajstić information content (AvgIpc) is 3.59. The Morgan fingerprint density at radius 2 is 2.03 bits per heavy atom. The first-order chi connectivity index (χ1) is 17.1. The molecule has 0 unspecified atom stereocenters. The molecule has 3 aromatic rings. The predicted molar refractivity (Wildman–Crippen MR) is 132 cm³/mol. The summed E-state index contributed by atoms with van der Waals surface area (Å²) in [5, 5.41) is 2.05. The molecule has 1 aromatic carbocycles. The van der Waals surface area contributed by atoms with Gasteiger partial charge in [-0.25, -0.2) is 0 Å². The maximum Gasteiger partial charge on any atom is 0.290 e. The van der Waals surface area contributed by atoms with E-state index in [0.717, 1.165) is 12.0 Å². The second-order valence-electron chi connectivity index (χ2n) is 8.19. The van der Waals surface area contributed by atoms with E-state index in [4.69, 9.17) is 18.6 Å². The molecule has 9 heteroatoms. The molecule has 1 aliphatic heterocycles. The highest BCUT2D eigenvalue weighted by Crippen LogP contribution is 2.34. The average molecular weight is 499 g/mol. The van der Waals surface area contributed by atoms with E-state index in [9.17, 15) is 9.59 Å². The van der Waals surface area contributed by atoms with E-state index in [1.165, 1.54) is 16.0 Å². The molecule has 0 N–H and O–H groups in total. The molecular weight excluding hydrogens is 468 g/mol. The van der Waals surface area contributed by atoms with Gasteiger partial charge in [0.15, 0.2) is 5.76 Å². The highest BCUT2D eigenvalue weighted by Gasteiger charge is 2.34. The topological polar surface area (TPSA) is 81.5 Å². The van der Waals surface area contributed by atoms with Crippen molar-refractivity contribution in [2.75, 3.05) is 47.1 Å². The van der Waals surface area contributed by atoms with Crippen molar-refractivity contribution in [3.05, 3.63) is 70.3 Å². The lowest BCUT2D eigenvalue weighted by molar-refractivity contribution is -0.135. The summed E-state index contributed by atoms with van der Waals surface area (Å²) in [6, 6.07) is 12.5. The number of nitrogens with zero attached hydrogens (tertiary/aromatic N) is 2. The van der Waals surface area contributed by atoms with Crippen LogP contribution < -0.4 is 9.47 Å².